The highest BCUT2D eigenvalue weighted by atomic mass is 16.4. The maximum atomic E-state index is 11.8. The van der Waals surface area contributed by atoms with Gasteiger partial charge in [-0.25, -0.2) is 0 Å². The fourth-order valence-corrected chi connectivity index (χ4v) is 2.89. The largest absolute Gasteiger partial charge is 0.481 e. The molecule has 1 aliphatic carbocycles. The fourth-order valence-electron chi connectivity index (χ4n) is 2.89. The van der Waals surface area contributed by atoms with Crippen LogP contribution >= 0.6 is 0 Å². The van der Waals surface area contributed by atoms with Gasteiger partial charge in [-0.15, -0.1) is 0 Å². The van der Waals surface area contributed by atoms with Crippen molar-refractivity contribution in [2.24, 2.45) is 11.8 Å². The van der Waals surface area contributed by atoms with E-state index in [0.29, 0.717) is 12.8 Å². The molecule has 1 rings (SSSR count). The number of hydrogen-bond donors (Lipinski definition) is 1. The van der Waals surface area contributed by atoms with Gasteiger partial charge in [-0.3, -0.25) is 9.59 Å². The first-order valence-electron chi connectivity index (χ1n) is 6.80. The van der Waals surface area contributed by atoms with Crippen molar-refractivity contribution < 1.29 is 14.7 Å². The Labute approximate surface area is 109 Å². The van der Waals surface area contributed by atoms with Gasteiger partial charge >= 0.3 is 5.97 Å². The van der Waals surface area contributed by atoms with E-state index in [1.807, 2.05) is 14.0 Å². The number of nitrogens with zero attached hydrogens (tertiary/aromatic N) is 1. The van der Waals surface area contributed by atoms with Crippen molar-refractivity contribution >= 4 is 11.9 Å². The fraction of sp³-hybridized carbons (Fsp3) is 0.857. The van der Waals surface area contributed by atoms with Gasteiger partial charge in [-0.05, 0) is 39.0 Å². The van der Waals surface area contributed by atoms with Gasteiger partial charge in [-0.2, -0.15) is 0 Å². The summed E-state index contributed by atoms with van der Waals surface area (Å²) in [4.78, 5) is 24.7. The minimum atomic E-state index is -0.694. The van der Waals surface area contributed by atoms with Gasteiger partial charge in [0.25, 0.3) is 0 Å². The first-order chi connectivity index (χ1) is 8.30. The molecular weight excluding hydrogens is 230 g/mol. The third-order valence-corrected chi connectivity index (χ3v) is 4.56. The van der Waals surface area contributed by atoms with E-state index >= 15 is 0 Å². The summed E-state index contributed by atoms with van der Waals surface area (Å²) in [6.45, 7) is 5.96. The summed E-state index contributed by atoms with van der Waals surface area (Å²) < 4.78 is 0. The summed E-state index contributed by atoms with van der Waals surface area (Å²) >= 11 is 0. The summed E-state index contributed by atoms with van der Waals surface area (Å²) in [5.74, 6) is -0.543. The van der Waals surface area contributed by atoms with E-state index in [-0.39, 0.29) is 23.3 Å². The van der Waals surface area contributed by atoms with Crippen LogP contribution in [0.5, 0.6) is 0 Å². The Bertz CT molecular complexity index is 325. The van der Waals surface area contributed by atoms with E-state index in [1.165, 1.54) is 0 Å². The summed E-state index contributed by atoms with van der Waals surface area (Å²) in [6, 6.07) is 0. The van der Waals surface area contributed by atoms with Crippen molar-refractivity contribution in [3.05, 3.63) is 0 Å². The van der Waals surface area contributed by atoms with Crippen LogP contribution in [0.15, 0.2) is 0 Å². The van der Waals surface area contributed by atoms with Crippen molar-refractivity contribution in [1.29, 1.82) is 0 Å². The molecule has 4 nitrogen and oxygen atoms in total. The molecule has 0 heterocycles. The Hall–Kier alpha value is -1.06. The molecule has 0 bridgehead atoms. The molecule has 0 aromatic heterocycles. The second-order valence-electron chi connectivity index (χ2n) is 5.86. The smallest absolute Gasteiger partial charge is 0.306 e. The molecular formula is C14H25NO3. The van der Waals surface area contributed by atoms with Gasteiger partial charge in [0, 0.05) is 19.0 Å². The third kappa shape index (κ3) is 3.03. The standard InChI is InChI=1S/C14H25NO3/c1-5-12(16)15(4)14(2,3)11-8-6-7-10(9-11)13(17)18/h10-11H,5-9H2,1-4H3,(H,17,18)/t10-,11+/m1/s1. The van der Waals surface area contributed by atoms with Crippen molar-refractivity contribution in [3.63, 3.8) is 0 Å². The molecule has 4 heteroatoms. The Morgan fingerprint density at radius 3 is 2.44 bits per heavy atom. The Balaban J connectivity index is 2.77. The van der Waals surface area contributed by atoms with E-state index < -0.39 is 5.97 Å². The van der Waals surface area contributed by atoms with Crippen molar-refractivity contribution in [2.45, 2.75) is 58.4 Å². The molecule has 1 aliphatic rings. The normalized spacial score (nSPS) is 24.7. The minimum Gasteiger partial charge on any atom is -0.481 e. The van der Waals surface area contributed by atoms with Gasteiger partial charge in [-0.1, -0.05) is 13.3 Å². The maximum Gasteiger partial charge on any atom is 0.306 e. The highest BCUT2D eigenvalue weighted by molar-refractivity contribution is 5.76. The quantitative estimate of drug-likeness (QED) is 0.839. The molecule has 1 fully saturated rings. The van der Waals surface area contributed by atoms with Crippen LogP contribution in [0, 0.1) is 11.8 Å². The second-order valence-corrected chi connectivity index (χ2v) is 5.86. The van der Waals surface area contributed by atoms with Gasteiger partial charge in [0.1, 0.15) is 0 Å². The topological polar surface area (TPSA) is 57.6 Å². The lowest BCUT2D eigenvalue weighted by Crippen LogP contribution is -2.51. The van der Waals surface area contributed by atoms with Gasteiger partial charge in [0.2, 0.25) is 5.91 Å². The summed E-state index contributed by atoms with van der Waals surface area (Å²) in [5, 5.41) is 9.14. The molecule has 0 spiro atoms. The molecule has 0 aromatic carbocycles. The first-order valence-corrected chi connectivity index (χ1v) is 6.80. The SMILES string of the molecule is CCC(=O)N(C)C(C)(C)[C@H]1CCC[C@@H](C(=O)O)C1. The first kappa shape index (κ1) is 15.0. The molecule has 0 saturated heterocycles. The number of amides is 1. The molecule has 0 aliphatic heterocycles. The van der Waals surface area contributed by atoms with E-state index in [0.717, 1.165) is 19.3 Å². The van der Waals surface area contributed by atoms with Gasteiger partial charge < -0.3 is 10.0 Å². The van der Waals surface area contributed by atoms with E-state index in [1.54, 1.807) is 4.90 Å². The molecule has 1 saturated carbocycles. The maximum absolute atomic E-state index is 11.8. The third-order valence-electron chi connectivity index (χ3n) is 4.56. The Kier molecular flexibility index (Phi) is 4.77. The van der Waals surface area contributed by atoms with Crippen LogP contribution < -0.4 is 0 Å². The number of hydrogen-bond acceptors (Lipinski definition) is 2. The predicted octanol–water partition coefficient (Wildman–Crippen LogP) is 2.52. The number of rotatable bonds is 4. The molecule has 2 atom stereocenters. The van der Waals surface area contributed by atoms with Crippen LogP contribution in [-0.2, 0) is 9.59 Å². The van der Waals surface area contributed by atoms with Crippen molar-refractivity contribution in [1.82, 2.24) is 4.90 Å². The monoisotopic (exact) mass is 255 g/mol. The molecule has 1 amide bonds. The zero-order valence-corrected chi connectivity index (χ0v) is 11.9. The minimum absolute atomic E-state index is 0.123. The van der Waals surface area contributed by atoms with E-state index in [9.17, 15) is 9.59 Å². The van der Waals surface area contributed by atoms with Crippen LogP contribution in [0.3, 0.4) is 0 Å². The van der Waals surface area contributed by atoms with Crippen LogP contribution in [0.25, 0.3) is 0 Å². The number of carboxylic acid groups (broad SMARTS) is 1. The predicted molar refractivity (Wildman–Crippen MR) is 70.2 cm³/mol. The van der Waals surface area contributed by atoms with Crippen molar-refractivity contribution in [3.8, 4) is 0 Å². The molecule has 0 unspecified atom stereocenters. The average Bonchev–Trinajstić information content (AvgIpc) is 2.36. The number of carbonyl (C=O) groups is 2. The molecule has 0 radical (unpaired) electrons. The van der Waals surface area contributed by atoms with Crippen LogP contribution in [0.4, 0.5) is 0 Å². The number of carbonyl (C=O) groups excluding carboxylic acids is 1. The number of carboxylic acids is 1. The summed E-state index contributed by atoms with van der Waals surface area (Å²) in [5.41, 5.74) is -0.263. The Morgan fingerprint density at radius 2 is 1.94 bits per heavy atom. The summed E-state index contributed by atoms with van der Waals surface area (Å²) in [7, 11) is 1.83. The van der Waals surface area contributed by atoms with E-state index in [2.05, 4.69) is 13.8 Å². The average molecular weight is 255 g/mol. The van der Waals surface area contributed by atoms with Gasteiger partial charge in [0.05, 0.1) is 5.92 Å². The van der Waals surface area contributed by atoms with Crippen LogP contribution in [0.2, 0.25) is 0 Å². The lowest BCUT2D eigenvalue weighted by Gasteiger charge is -2.45. The Morgan fingerprint density at radius 1 is 1.33 bits per heavy atom. The van der Waals surface area contributed by atoms with E-state index in [4.69, 9.17) is 5.11 Å². The highest BCUT2D eigenvalue weighted by Gasteiger charge is 2.39. The van der Waals surface area contributed by atoms with Crippen molar-refractivity contribution in [2.75, 3.05) is 7.05 Å². The van der Waals surface area contributed by atoms with Gasteiger partial charge in [0.15, 0.2) is 0 Å². The lowest BCUT2D eigenvalue weighted by atomic mass is 9.72. The molecule has 1 N–H and O–H groups in total. The molecule has 104 valence electrons. The second kappa shape index (κ2) is 5.72. The zero-order chi connectivity index (χ0) is 13.9. The van der Waals surface area contributed by atoms with Crippen LogP contribution in [0.1, 0.15) is 52.9 Å². The lowest BCUT2D eigenvalue weighted by molar-refractivity contribution is -0.144. The zero-order valence-electron chi connectivity index (χ0n) is 11.9. The molecule has 0 aromatic rings. The summed E-state index contributed by atoms with van der Waals surface area (Å²) in [6.07, 6.45) is 3.91. The highest BCUT2D eigenvalue weighted by Crippen LogP contribution is 2.38. The molecule has 18 heavy (non-hydrogen) atoms. The number of aliphatic carboxylic acids is 1. The van der Waals surface area contributed by atoms with Crippen LogP contribution in [-0.4, -0.2) is 34.5 Å².